The number of hydrogen-bond donors (Lipinski definition) is 1. The zero-order chi connectivity index (χ0) is 13.0. The van der Waals surface area contributed by atoms with E-state index in [4.69, 9.17) is 0 Å². The predicted molar refractivity (Wildman–Crippen MR) is 61.9 cm³/mol. The third-order valence-corrected chi connectivity index (χ3v) is 2.24. The number of carbonyl (C=O) groups is 1. The van der Waals surface area contributed by atoms with Crippen LogP contribution in [0.1, 0.15) is 6.92 Å². The molecule has 0 unspecified atom stereocenters. The number of rotatable bonds is 4. The molecule has 1 aromatic heterocycles. The van der Waals surface area contributed by atoms with E-state index >= 15 is 0 Å². The Hall–Kier alpha value is -2.31. The second-order valence-corrected chi connectivity index (χ2v) is 3.70. The van der Waals surface area contributed by atoms with Crippen LogP contribution in [0.15, 0.2) is 24.3 Å². The molecule has 2 aromatic rings. The Balaban J connectivity index is 2.01. The van der Waals surface area contributed by atoms with E-state index in [0.29, 0.717) is 24.5 Å². The molecule has 6 nitrogen and oxygen atoms in total. The molecular weight excluding hydrogens is 237 g/mol. The summed E-state index contributed by atoms with van der Waals surface area (Å²) in [4.78, 5) is 12.1. The molecule has 0 aliphatic carbocycles. The number of amides is 1. The lowest BCUT2D eigenvalue weighted by atomic mass is 10.2. The van der Waals surface area contributed by atoms with Gasteiger partial charge < -0.3 is 5.32 Å². The van der Waals surface area contributed by atoms with Gasteiger partial charge in [-0.3, -0.25) is 4.79 Å². The van der Waals surface area contributed by atoms with Gasteiger partial charge in [-0.15, -0.1) is 10.2 Å². The van der Waals surface area contributed by atoms with Crippen molar-refractivity contribution in [3.05, 3.63) is 30.1 Å². The van der Waals surface area contributed by atoms with Crippen molar-refractivity contribution in [1.82, 2.24) is 25.5 Å². The van der Waals surface area contributed by atoms with Gasteiger partial charge in [0.1, 0.15) is 5.82 Å². The molecule has 94 valence electrons. The minimum Gasteiger partial charge on any atom is -0.354 e. The lowest BCUT2D eigenvalue weighted by Gasteiger charge is -1.99. The van der Waals surface area contributed by atoms with E-state index in [1.165, 1.54) is 23.9 Å². The molecule has 7 heteroatoms. The first kappa shape index (κ1) is 12.2. The largest absolute Gasteiger partial charge is 0.354 e. The van der Waals surface area contributed by atoms with Gasteiger partial charge in [0.2, 0.25) is 11.7 Å². The van der Waals surface area contributed by atoms with E-state index in [9.17, 15) is 9.18 Å². The Kier molecular flexibility index (Phi) is 3.61. The number of benzene rings is 1. The van der Waals surface area contributed by atoms with Crippen molar-refractivity contribution in [3.8, 4) is 11.4 Å². The quantitative estimate of drug-likeness (QED) is 0.862. The SMILES string of the molecule is CC(=O)NCCn1nnc(-c2ccc(F)cc2)n1. The second kappa shape index (κ2) is 5.35. The first-order valence-electron chi connectivity index (χ1n) is 5.43. The molecule has 0 fully saturated rings. The summed E-state index contributed by atoms with van der Waals surface area (Å²) in [5.74, 6) is 0.0171. The summed E-state index contributed by atoms with van der Waals surface area (Å²) >= 11 is 0. The van der Waals surface area contributed by atoms with Gasteiger partial charge in [0.25, 0.3) is 0 Å². The summed E-state index contributed by atoms with van der Waals surface area (Å²) in [6.45, 7) is 2.32. The van der Waals surface area contributed by atoms with E-state index in [0.717, 1.165) is 0 Å². The Morgan fingerprint density at radius 1 is 1.39 bits per heavy atom. The minimum atomic E-state index is -0.309. The highest BCUT2D eigenvalue weighted by Gasteiger charge is 2.05. The third-order valence-electron chi connectivity index (χ3n) is 2.24. The average molecular weight is 249 g/mol. The van der Waals surface area contributed by atoms with E-state index in [2.05, 4.69) is 20.7 Å². The first-order valence-corrected chi connectivity index (χ1v) is 5.43. The van der Waals surface area contributed by atoms with Gasteiger partial charge in [0.05, 0.1) is 6.54 Å². The summed E-state index contributed by atoms with van der Waals surface area (Å²) in [5, 5.41) is 14.5. The molecule has 0 radical (unpaired) electrons. The fourth-order valence-electron chi connectivity index (χ4n) is 1.38. The minimum absolute atomic E-state index is 0.103. The number of nitrogens with zero attached hydrogens (tertiary/aromatic N) is 4. The van der Waals surface area contributed by atoms with Gasteiger partial charge in [0.15, 0.2) is 0 Å². The molecule has 18 heavy (non-hydrogen) atoms. The molecule has 1 N–H and O–H groups in total. The van der Waals surface area contributed by atoms with E-state index in [1.54, 1.807) is 12.1 Å². The Morgan fingerprint density at radius 3 is 2.78 bits per heavy atom. The average Bonchev–Trinajstić information content (AvgIpc) is 2.78. The normalized spacial score (nSPS) is 10.3. The first-order chi connectivity index (χ1) is 8.65. The van der Waals surface area contributed by atoms with Crippen molar-refractivity contribution in [2.75, 3.05) is 6.54 Å². The zero-order valence-electron chi connectivity index (χ0n) is 9.80. The van der Waals surface area contributed by atoms with Crippen LogP contribution in [0, 0.1) is 5.82 Å². The van der Waals surface area contributed by atoms with Gasteiger partial charge >= 0.3 is 0 Å². The lowest BCUT2D eigenvalue weighted by Crippen LogP contribution is -2.25. The van der Waals surface area contributed by atoms with E-state index in [1.807, 2.05) is 0 Å². The molecule has 1 aromatic carbocycles. The standard InChI is InChI=1S/C11H12FN5O/c1-8(18)13-6-7-17-15-11(14-16-17)9-2-4-10(12)5-3-9/h2-5H,6-7H2,1H3,(H,13,18). The van der Waals surface area contributed by atoms with Crippen LogP contribution in [0.25, 0.3) is 11.4 Å². The second-order valence-electron chi connectivity index (χ2n) is 3.70. The molecule has 2 rings (SSSR count). The maximum absolute atomic E-state index is 12.7. The molecule has 1 amide bonds. The van der Waals surface area contributed by atoms with Crippen molar-refractivity contribution in [2.24, 2.45) is 0 Å². The van der Waals surface area contributed by atoms with Crippen LogP contribution in [0.2, 0.25) is 0 Å². The highest BCUT2D eigenvalue weighted by Crippen LogP contribution is 2.13. The summed E-state index contributed by atoms with van der Waals surface area (Å²) < 4.78 is 12.7. The van der Waals surface area contributed by atoms with Crippen LogP contribution in [0.5, 0.6) is 0 Å². The van der Waals surface area contributed by atoms with Gasteiger partial charge in [-0.2, -0.15) is 4.80 Å². The zero-order valence-corrected chi connectivity index (χ0v) is 9.80. The number of nitrogens with one attached hydrogen (secondary N) is 1. The van der Waals surface area contributed by atoms with Crippen LogP contribution < -0.4 is 5.32 Å². The van der Waals surface area contributed by atoms with E-state index < -0.39 is 0 Å². The van der Waals surface area contributed by atoms with Crippen molar-refractivity contribution < 1.29 is 9.18 Å². The summed E-state index contributed by atoms with van der Waals surface area (Å²) in [5.41, 5.74) is 0.696. The highest BCUT2D eigenvalue weighted by molar-refractivity contribution is 5.72. The predicted octanol–water partition coefficient (Wildman–Crippen LogP) is 0.615. The van der Waals surface area contributed by atoms with Crippen molar-refractivity contribution >= 4 is 5.91 Å². The number of hydrogen-bond acceptors (Lipinski definition) is 4. The number of aromatic nitrogens is 4. The van der Waals surface area contributed by atoms with Crippen LogP contribution in [-0.2, 0) is 11.3 Å². The van der Waals surface area contributed by atoms with Crippen molar-refractivity contribution in [2.45, 2.75) is 13.5 Å². The van der Waals surface area contributed by atoms with Crippen LogP contribution in [-0.4, -0.2) is 32.7 Å². The fourth-order valence-corrected chi connectivity index (χ4v) is 1.38. The summed E-state index contributed by atoms with van der Waals surface area (Å²) in [6, 6.07) is 5.86. The third kappa shape index (κ3) is 3.09. The van der Waals surface area contributed by atoms with Gasteiger partial charge in [-0.1, -0.05) is 0 Å². The molecule has 0 aliphatic heterocycles. The van der Waals surface area contributed by atoms with Crippen LogP contribution in [0.3, 0.4) is 0 Å². The van der Waals surface area contributed by atoms with Gasteiger partial charge in [0, 0.05) is 19.0 Å². The Bertz CT molecular complexity index is 537. The highest BCUT2D eigenvalue weighted by atomic mass is 19.1. The monoisotopic (exact) mass is 249 g/mol. The molecule has 0 spiro atoms. The molecule has 0 bridgehead atoms. The van der Waals surface area contributed by atoms with Crippen LogP contribution in [0.4, 0.5) is 4.39 Å². The molecule has 0 atom stereocenters. The molecule has 0 saturated carbocycles. The summed E-state index contributed by atoms with van der Waals surface area (Å²) in [6.07, 6.45) is 0. The molecule has 0 saturated heterocycles. The fraction of sp³-hybridized carbons (Fsp3) is 0.273. The number of halogens is 1. The lowest BCUT2D eigenvalue weighted by molar-refractivity contribution is -0.119. The number of carbonyl (C=O) groups excluding carboxylic acids is 1. The van der Waals surface area contributed by atoms with Crippen molar-refractivity contribution in [1.29, 1.82) is 0 Å². The van der Waals surface area contributed by atoms with Crippen molar-refractivity contribution in [3.63, 3.8) is 0 Å². The maximum atomic E-state index is 12.7. The Labute approximate surface area is 103 Å². The molecule has 0 aliphatic rings. The van der Waals surface area contributed by atoms with E-state index in [-0.39, 0.29) is 11.7 Å². The van der Waals surface area contributed by atoms with Crippen LogP contribution >= 0.6 is 0 Å². The summed E-state index contributed by atoms with van der Waals surface area (Å²) in [7, 11) is 0. The Morgan fingerprint density at radius 2 is 2.11 bits per heavy atom. The smallest absolute Gasteiger partial charge is 0.216 e. The molecule has 1 heterocycles. The van der Waals surface area contributed by atoms with Gasteiger partial charge in [-0.05, 0) is 29.5 Å². The van der Waals surface area contributed by atoms with Gasteiger partial charge in [-0.25, -0.2) is 4.39 Å². The number of tetrazole rings is 1. The topological polar surface area (TPSA) is 72.7 Å². The maximum Gasteiger partial charge on any atom is 0.216 e. The molecular formula is C11H12FN5O.